The molecule has 0 bridgehead atoms. The molecule has 0 radical (unpaired) electrons. The first-order valence-corrected chi connectivity index (χ1v) is 8.33. The minimum absolute atomic E-state index is 0.333. The number of hydrogen-bond donors (Lipinski definition) is 1. The quantitative estimate of drug-likeness (QED) is 0.868. The summed E-state index contributed by atoms with van der Waals surface area (Å²) >= 11 is 1.54. The third-order valence-electron chi connectivity index (χ3n) is 2.63. The molecule has 0 aliphatic carbocycles. The smallest absolute Gasteiger partial charge is 0.265 e. The number of hydrogen-bond acceptors (Lipinski definition) is 5. The van der Waals surface area contributed by atoms with Crippen LogP contribution >= 0.6 is 11.3 Å². The summed E-state index contributed by atoms with van der Waals surface area (Å²) < 4.78 is 26.7. The summed E-state index contributed by atoms with van der Waals surface area (Å²) in [5, 5.41) is 2.86. The molecule has 0 spiro atoms. The van der Waals surface area contributed by atoms with Crippen molar-refractivity contribution in [1.29, 1.82) is 0 Å². The van der Waals surface area contributed by atoms with Crippen molar-refractivity contribution in [2.45, 2.75) is 6.42 Å². The highest BCUT2D eigenvalue weighted by Crippen LogP contribution is 2.22. The van der Waals surface area contributed by atoms with Crippen molar-refractivity contribution >= 4 is 21.5 Å². The third-order valence-corrected chi connectivity index (χ3v) is 5.10. The van der Waals surface area contributed by atoms with Crippen LogP contribution < -0.4 is 4.72 Å². The molecule has 1 N–H and O–H groups in total. The lowest BCUT2D eigenvalue weighted by Crippen LogP contribution is -2.36. The van der Waals surface area contributed by atoms with Crippen molar-refractivity contribution < 1.29 is 8.42 Å². The predicted molar refractivity (Wildman–Crippen MR) is 79.7 cm³/mol. The summed E-state index contributed by atoms with van der Waals surface area (Å²) in [6, 6.07) is 3.80. The van der Waals surface area contributed by atoms with Crippen molar-refractivity contribution in [1.82, 2.24) is 19.0 Å². The standard InChI is InChI=1S/C12H16N4O2S2/c1-16(2)20(17,18)14-8-5-11-9-19-12(15-11)10-3-6-13-7-4-10/h3-4,6-7,9,14H,5,8H2,1-2H3. The van der Waals surface area contributed by atoms with Gasteiger partial charge in [0.05, 0.1) is 5.69 Å². The first-order chi connectivity index (χ1) is 9.49. The summed E-state index contributed by atoms with van der Waals surface area (Å²) in [5.41, 5.74) is 1.90. The summed E-state index contributed by atoms with van der Waals surface area (Å²) in [6.45, 7) is 0.333. The minimum atomic E-state index is -3.36. The molecule has 2 aromatic heterocycles. The molecule has 0 aliphatic heterocycles. The highest BCUT2D eigenvalue weighted by atomic mass is 32.2. The molecule has 0 unspecified atom stereocenters. The fraction of sp³-hybridized carbons (Fsp3) is 0.333. The topological polar surface area (TPSA) is 75.2 Å². The van der Waals surface area contributed by atoms with Crippen molar-refractivity contribution in [3.8, 4) is 10.6 Å². The molecule has 20 heavy (non-hydrogen) atoms. The SMILES string of the molecule is CN(C)S(=O)(=O)NCCc1csc(-c2ccncc2)n1. The average molecular weight is 312 g/mol. The van der Waals surface area contributed by atoms with E-state index in [4.69, 9.17) is 0 Å². The van der Waals surface area contributed by atoms with Gasteiger partial charge < -0.3 is 0 Å². The molecule has 0 aliphatic rings. The second-order valence-corrected chi connectivity index (χ2v) is 7.14. The van der Waals surface area contributed by atoms with Gasteiger partial charge in [-0.25, -0.2) is 9.71 Å². The van der Waals surface area contributed by atoms with E-state index in [9.17, 15) is 8.42 Å². The van der Waals surface area contributed by atoms with Gasteiger partial charge in [0.25, 0.3) is 10.2 Å². The molecule has 108 valence electrons. The van der Waals surface area contributed by atoms with Gasteiger partial charge in [0, 0.05) is 50.4 Å². The van der Waals surface area contributed by atoms with Crippen molar-refractivity contribution in [3.63, 3.8) is 0 Å². The van der Waals surface area contributed by atoms with Gasteiger partial charge in [0.2, 0.25) is 0 Å². The number of thiazole rings is 1. The Morgan fingerprint density at radius 3 is 2.65 bits per heavy atom. The first-order valence-electron chi connectivity index (χ1n) is 6.01. The van der Waals surface area contributed by atoms with Crippen molar-refractivity contribution in [2.75, 3.05) is 20.6 Å². The van der Waals surface area contributed by atoms with Crippen LogP contribution in [-0.2, 0) is 16.6 Å². The molecular formula is C12H16N4O2S2. The second kappa shape index (κ2) is 6.40. The maximum absolute atomic E-state index is 11.5. The molecule has 0 saturated heterocycles. The summed E-state index contributed by atoms with van der Waals surface area (Å²) in [6.07, 6.45) is 4.01. The largest absolute Gasteiger partial charge is 0.278 e. The highest BCUT2D eigenvalue weighted by Gasteiger charge is 2.12. The zero-order valence-corrected chi connectivity index (χ0v) is 12.9. The van der Waals surface area contributed by atoms with Crippen LogP contribution in [-0.4, -0.2) is 43.3 Å². The summed E-state index contributed by atoms with van der Waals surface area (Å²) in [4.78, 5) is 8.45. The number of nitrogens with one attached hydrogen (secondary N) is 1. The molecule has 0 fully saturated rings. The molecule has 2 aromatic rings. The van der Waals surface area contributed by atoms with Crippen molar-refractivity contribution in [3.05, 3.63) is 35.6 Å². The maximum Gasteiger partial charge on any atom is 0.278 e. The second-order valence-electron chi connectivity index (χ2n) is 4.31. The molecule has 0 atom stereocenters. The van der Waals surface area contributed by atoms with Gasteiger partial charge in [-0.3, -0.25) is 4.98 Å². The van der Waals surface area contributed by atoms with E-state index < -0.39 is 10.2 Å². The van der Waals surface area contributed by atoms with Crippen LogP contribution in [0.4, 0.5) is 0 Å². The van der Waals surface area contributed by atoms with Gasteiger partial charge in [0.1, 0.15) is 5.01 Å². The Labute approximate surface area is 122 Å². The zero-order valence-electron chi connectivity index (χ0n) is 11.3. The third kappa shape index (κ3) is 3.83. The normalized spacial score (nSPS) is 11.9. The van der Waals surface area contributed by atoms with Crippen LogP contribution in [0, 0.1) is 0 Å². The van der Waals surface area contributed by atoms with E-state index >= 15 is 0 Å². The van der Waals surface area contributed by atoms with Crippen LogP contribution in [0.2, 0.25) is 0 Å². The first kappa shape index (κ1) is 15.0. The molecule has 6 nitrogen and oxygen atoms in total. The molecule has 0 aromatic carbocycles. The van der Waals surface area contributed by atoms with Crippen LogP contribution in [0.5, 0.6) is 0 Å². The van der Waals surface area contributed by atoms with Crippen LogP contribution in [0.1, 0.15) is 5.69 Å². The summed E-state index contributed by atoms with van der Waals surface area (Å²) in [7, 11) is -0.377. The van der Waals surface area contributed by atoms with Gasteiger partial charge in [-0.2, -0.15) is 12.7 Å². The lowest BCUT2D eigenvalue weighted by atomic mass is 10.3. The van der Waals surface area contributed by atoms with E-state index in [1.807, 2.05) is 17.5 Å². The van der Waals surface area contributed by atoms with E-state index in [0.717, 1.165) is 20.6 Å². The van der Waals surface area contributed by atoms with Crippen LogP contribution in [0.3, 0.4) is 0 Å². The van der Waals surface area contributed by atoms with E-state index in [-0.39, 0.29) is 0 Å². The van der Waals surface area contributed by atoms with Gasteiger partial charge >= 0.3 is 0 Å². The fourth-order valence-electron chi connectivity index (χ4n) is 1.49. The molecule has 8 heteroatoms. The fourth-order valence-corrected chi connectivity index (χ4v) is 2.96. The maximum atomic E-state index is 11.5. The van der Waals surface area contributed by atoms with Gasteiger partial charge in [0.15, 0.2) is 0 Å². The Morgan fingerprint density at radius 1 is 1.30 bits per heavy atom. The lowest BCUT2D eigenvalue weighted by molar-refractivity contribution is 0.506. The van der Waals surface area contributed by atoms with Gasteiger partial charge in [-0.15, -0.1) is 11.3 Å². The number of nitrogens with zero attached hydrogens (tertiary/aromatic N) is 3. The average Bonchev–Trinajstić information content (AvgIpc) is 2.88. The Hall–Kier alpha value is -1.35. The number of rotatable bonds is 6. The summed E-state index contributed by atoms with van der Waals surface area (Å²) in [5.74, 6) is 0. The Kier molecular flexibility index (Phi) is 4.81. The molecular weight excluding hydrogens is 296 g/mol. The van der Waals surface area contributed by atoms with Crippen LogP contribution in [0.15, 0.2) is 29.9 Å². The predicted octanol–water partition coefficient (Wildman–Crippen LogP) is 1.14. The van der Waals surface area contributed by atoms with E-state index in [2.05, 4.69) is 14.7 Å². The number of aromatic nitrogens is 2. The monoisotopic (exact) mass is 312 g/mol. The number of pyridine rings is 1. The molecule has 2 rings (SSSR count). The Bertz CT molecular complexity index is 653. The highest BCUT2D eigenvalue weighted by molar-refractivity contribution is 7.87. The molecule has 0 saturated carbocycles. The molecule has 0 amide bonds. The lowest BCUT2D eigenvalue weighted by Gasteiger charge is -2.11. The van der Waals surface area contributed by atoms with Crippen molar-refractivity contribution in [2.24, 2.45) is 0 Å². The Morgan fingerprint density at radius 2 is 2.00 bits per heavy atom. The van der Waals surface area contributed by atoms with E-state index in [1.54, 1.807) is 23.7 Å². The minimum Gasteiger partial charge on any atom is -0.265 e. The Balaban J connectivity index is 1.94. The zero-order chi connectivity index (χ0) is 14.6. The molecule has 2 heterocycles. The van der Waals surface area contributed by atoms with Gasteiger partial charge in [-0.1, -0.05) is 0 Å². The van der Waals surface area contributed by atoms with E-state index in [1.165, 1.54) is 14.1 Å². The van der Waals surface area contributed by atoms with Gasteiger partial charge in [-0.05, 0) is 12.1 Å². The van der Waals surface area contributed by atoms with Crippen LogP contribution in [0.25, 0.3) is 10.6 Å². The van der Waals surface area contributed by atoms with E-state index in [0.29, 0.717) is 13.0 Å².